The summed E-state index contributed by atoms with van der Waals surface area (Å²) >= 11 is 0. The zero-order chi connectivity index (χ0) is 15.6. The number of nitrogens with zero attached hydrogens (tertiary/aromatic N) is 4. The quantitative estimate of drug-likeness (QED) is 0.868. The molecule has 0 saturated heterocycles. The smallest absolute Gasteiger partial charge is 0.272 e. The Balaban J connectivity index is 2.25. The average molecular weight is 294 g/mol. The fourth-order valence-electron chi connectivity index (χ4n) is 2.01. The Bertz CT molecular complexity index is 634. The molecule has 7 heteroatoms. The molecule has 2 aromatic rings. The van der Waals surface area contributed by atoms with E-state index in [1.165, 1.54) is 11.7 Å². The van der Waals surface area contributed by atoms with Crippen molar-refractivity contribution in [1.82, 2.24) is 19.7 Å². The highest BCUT2D eigenvalue weighted by Crippen LogP contribution is 2.19. The van der Waals surface area contributed by atoms with E-state index in [1.807, 2.05) is 6.07 Å². The maximum Gasteiger partial charge on any atom is 0.272 e. The van der Waals surface area contributed by atoms with Crippen LogP contribution in [0.15, 0.2) is 30.6 Å². The number of pyridine rings is 1. The molecular weight excluding hydrogens is 278 g/mol. The highest BCUT2D eigenvalue weighted by molar-refractivity contribution is 5.93. The van der Waals surface area contributed by atoms with E-state index in [1.54, 1.807) is 31.6 Å². The first-order chi connectivity index (χ1) is 9.78. The van der Waals surface area contributed by atoms with Crippen LogP contribution in [0.4, 0.5) is 8.78 Å². The summed E-state index contributed by atoms with van der Waals surface area (Å²) in [6.07, 6.45) is 3.26. The third kappa shape index (κ3) is 3.62. The molecule has 0 unspecified atom stereocenters. The van der Waals surface area contributed by atoms with Crippen LogP contribution in [-0.4, -0.2) is 45.1 Å². The number of halogens is 2. The zero-order valence-corrected chi connectivity index (χ0v) is 12.0. The second kappa shape index (κ2) is 5.59. The summed E-state index contributed by atoms with van der Waals surface area (Å²) in [5.74, 6) is -3.43. The van der Waals surface area contributed by atoms with Crippen molar-refractivity contribution in [3.63, 3.8) is 0 Å². The summed E-state index contributed by atoms with van der Waals surface area (Å²) in [7, 11) is 2.95. The fraction of sp³-hybridized carbons (Fsp3) is 0.357. The van der Waals surface area contributed by atoms with E-state index < -0.39 is 18.4 Å². The molecule has 0 aliphatic carbocycles. The Morgan fingerprint density at radius 2 is 2.19 bits per heavy atom. The van der Waals surface area contributed by atoms with Gasteiger partial charge >= 0.3 is 0 Å². The minimum atomic E-state index is -2.94. The molecule has 0 aliphatic rings. The standard InChI is InChI=1S/C14H16F2N4O/c1-14(15,16)9-19(2)13(21)12-7-11(18-20(12)3)10-5-4-6-17-8-10/h4-8H,9H2,1-3H3. The van der Waals surface area contributed by atoms with Crippen molar-refractivity contribution in [2.24, 2.45) is 7.05 Å². The maximum atomic E-state index is 13.0. The van der Waals surface area contributed by atoms with Gasteiger partial charge in [-0.2, -0.15) is 5.10 Å². The Morgan fingerprint density at radius 1 is 1.48 bits per heavy atom. The van der Waals surface area contributed by atoms with Gasteiger partial charge in [0, 0.05) is 39.0 Å². The molecule has 0 fully saturated rings. The lowest BCUT2D eigenvalue weighted by Gasteiger charge is -2.20. The number of aromatic nitrogens is 3. The van der Waals surface area contributed by atoms with Gasteiger partial charge in [0.15, 0.2) is 0 Å². The first kappa shape index (κ1) is 15.1. The number of hydrogen-bond acceptors (Lipinski definition) is 3. The lowest BCUT2D eigenvalue weighted by Crippen LogP contribution is -2.37. The second-order valence-electron chi connectivity index (χ2n) is 5.01. The Kier molecular flexibility index (Phi) is 4.02. The van der Waals surface area contributed by atoms with Crippen molar-refractivity contribution in [2.75, 3.05) is 13.6 Å². The maximum absolute atomic E-state index is 13.0. The lowest BCUT2D eigenvalue weighted by atomic mass is 10.2. The minimum Gasteiger partial charge on any atom is -0.334 e. The van der Waals surface area contributed by atoms with Crippen LogP contribution in [0.1, 0.15) is 17.4 Å². The molecule has 2 heterocycles. The van der Waals surface area contributed by atoms with Gasteiger partial charge in [-0.05, 0) is 18.2 Å². The molecule has 1 amide bonds. The highest BCUT2D eigenvalue weighted by atomic mass is 19.3. The van der Waals surface area contributed by atoms with Gasteiger partial charge in [0.2, 0.25) is 0 Å². The Hall–Kier alpha value is -2.31. The number of carbonyl (C=O) groups is 1. The van der Waals surface area contributed by atoms with Gasteiger partial charge in [-0.15, -0.1) is 0 Å². The third-order valence-electron chi connectivity index (χ3n) is 2.92. The van der Waals surface area contributed by atoms with E-state index in [2.05, 4.69) is 10.1 Å². The van der Waals surface area contributed by atoms with E-state index in [-0.39, 0.29) is 5.69 Å². The van der Waals surface area contributed by atoms with Gasteiger partial charge in [0.25, 0.3) is 11.8 Å². The van der Waals surface area contributed by atoms with Crippen molar-refractivity contribution in [3.8, 4) is 11.3 Å². The van der Waals surface area contributed by atoms with Crippen LogP contribution in [0.25, 0.3) is 11.3 Å². The highest BCUT2D eigenvalue weighted by Gasteiger charge is 2.27. The molecule has 5 nitrogen and oxygen atoms in total. The van der Waals surface area contributed by atoms with Crippen LogP contribution in [0.5, 0.6) is 0 Å². The van der Waals surface area contributed by atoms with E-state index in [0.29, 0.717) is 5.69 Å². The van der Waals surface area contributed by atoms with Crippen LogP contribution in [-0.2, 0) is 7.05 Å². The zero-order valence-electron chi connectivity index (χ0n) is 12.0. The van der Waals surface area contributed by atoms with Crippen LogP contribution in [0.3, 0.4) is 0 Å². The van der Waals surface area contributed by atoms with Crippen LogP contribution in [0, 0.1) is 0 Å². The molecule has 0 radical (unpaired) electrons. The molecule has 2 aromatic heterocycles. The summed E-state index contributed by atoms with van der Waals surface area (Å²) < 4.78 is 27.4. The number of hydrogen-bond donors (Lipinski definition) is 0. The molecule has 0 aromatic carbocycles. The molecule has 0 spiro atoms. The number of amides is 1. The summed E-state index contributed by atoms with van der Waals surface area (Å²) in [5.41, 5.74) is 1.59. The molecular formula is C14H16F2N4O. The van der Waals surface area contributed by atoms with Gasteiger partial charge in [0.1, 0.15) is 5.69 Å². The molecule has 2 rings (SSSR count). The number of alkyl halides is 2. The van der Waals surface area contributed by atoms with E-state index in [9.17, 15) is 13.6 Å². The summed E-state index contributed by atoms with van der Waals surface area (Å²) in [4.78, 5) is 17.2. The molecule has 0 bridgehead atoms. The number of aryl methyl sites for hydroxylation is 1. The first-order valence-corrected chi connectivity index (χ1v) is 6.35. The monoisotopic (exact) mass is 294 g/mol. The fourth-order valence-corrected chi connectivity index (χ4v) is 2.01. The van der Waals surface area contributed by atoms with Gasteiger partial charge in [-0.25, -0.2) is 8.78 Å². The van der Waals surface area contributed by atoms with Crippen molar-refractivity contribution in [2.45, 2.75) is 12.8 Å². The normalized spacial score (nSPS) is 11.5. The van der Waals surface area contributed by atoms with Crippen molar-refractivity contribution in [1.29, 1.82) is 0 Å². The third-order valence-corrected chi connectivity index (χ3v) is 2.92. The Labute approximate surface area is 121 Å². The summed E-state index contributed by atoms with van der Waals surface area (Å²) in [6.45, 7) is 0.139. The van der Waals surface area contributed by atoms with Crippen molar-refractivity contribution < 1.29 is 13.6 Å². The van der Waals surface area contributed by atoms with Crippen LogP contribution in [0.2, 0.25) is 0 Å². The van der Waals surface area contributed by atoms with Crippen LogP contribution < -0.4 is 0 Å². The van der Waals surface area contributed by atoms with Gasteiger partial charge in [0.05, 0.1) is 12.2 Å². The predicted molar refractivity (Wildman–Crippen MR) is 74.0 cm³/mol. The molecule has 112 valence electrons. The summed E-state index contributed by atoms with van der Waals surface area (Å²) in [6, 6.07) is 5.15. The van der Waals surface area contributed by atoms with Crippen molar-refractivity contribution >= 4 is 5.91 Å². The van der Waals surface area contributed by atoms with Gasteiger partial charge in [-0.1, -0.05) is 0 Å². The average Bonchev–Trinajstić information content (AvgIpc) is 2.79. The molecule has 21 heavy (non-hydrogen) atoms. The lowest BCUT2D eigenvalue weighted by molar-refractivity contribution is -0.00584. The first-order valence-electron chi connectivity index (χ1n) is 6.35. The van der Waals surface area contributed by atoms with E-state index >= 15 is 0 Å². The molecule has 0 aliphatic heterocycles. The second-order valence-corrected chi connectivity index (χ2v) is 5.01. The van der Waals surface area contributed by atoms with E-state index in [0.717, 1.165) is 17.4 Å². The number of rotatable bonds is 4. The molecule has 0 saturated carbocycles. The predicted octanol–water partition coefficient (Wildman–Crippen LogP) is 2.21. The molecule has 0 atom stereocenters. The SMILES string of the molecule is CN(CC(C)(F)F)C(=O)c1cc(-c2cccnc2)nn1C. The Morgan fingerprint density at radius 3 is 2.76 bits per heavy atom. The number of carbonyl (C=O) groups excluding carboxylic acids is 1. The van der Waals surface area contributed by atoms with Gasteiger partial charge < -0.3 is 4.90 Å². The van der Waals surface area contributed by atoms with Crippen LogP contribution >= 0.6 is 0 Å². The van der Waals surface area contributed by atoms with E-state index in [4.69, 9.17) is 0 Å². The van der Waals surface area contributed by atoms with Crippen molar-refractivity contribution in [3.05, 3.63) is 36.3 Å². The topological polar surface area (TPSA) is 51.0 Å². The minimum absolute atomic E-state index is 0.251. The summed E-state index contributed by atoms with van der Waals surface area (Å²) in [5, 5.41) is 4.22. The largest absolute Gasteiger partial charge is 0.334 e. The molecule has 0 N–H and O–H groups in total. The van der Waals surface area contributed by atoms with Gasteiger partial charge in [-0.3, -0.25) is 14.5 Å².